The Morgan fingerprint density at radius 1 is 0.886 bits per heavy atom. The van der Waals surface area contributed by atoms with Gasteiger partial charge in [-0.2, -0.15) is 0 Å². The van der Waals surface area contributed by atoms with Gasteiger partial charge in [0.2, 0.25) is 5.91 Å². The molecular weight excluding hydrogens is 444 g/mol. The molecule has 1 unspecified atom stereocenters. The second-order valence-corrected chi connectivity index (χ2v) is 9.17. The van der Waals surface area contributed by atoms with E-state index in [-0.39, 0.29) is 30.9 Å². The zero-order chi connectivity index (χ0) is 25.0. The number of rotatable bonds is 14. The van der Waals surface area contributed by atoms with E-state index in [1.807, 2.05) is 31.2 Å². The molecule has 35 heavy (non-hydrogen) atoms. The topological polar surface area (TPSA) is 105 Å². The molecule has 2 aromatic rings. The highest BCUT2D eigenvalue weighted by Crippen LogP contribution is 2.44. The number of aliphatic carboxylic acids is 1. The van der Waals surface area contributed by atoms with Gasteiger partial charge in [0.1, 0.15) is 6.61 Å². The third-order valence-electron chi connectivity index (χ3n) is 6.40. The first-order chi connectivity index (χ1) is 17.0. The number of carboxylic acid groups (broad SMARTS) is 1. The zero-order valence-corrected chi connectivity index (χ0v) is 20.4. The number of carbonyl (C=O) groups is 3. The third kappa shape index (κ3) is 8.12. The van der Waals surface area contributed by atoms with Gasteiger partial charge in [0, 0.05) is 31.3 Å². The van der Waals surface area contributed by atoms with Crippen molar-refractivity contribution in [1.29, 1.82) is 0 Å². The molecule has 3 rings (SSSR count). The van der Waals surface area contributed by atoms with E-state index in [0.29, 0.717) is 25.8 Å². The number of benzene rings is 2. The maximum absolute atomic E-state index is 12.4. The Kier molecular flexibility index (Phi) is 10.1. The average Bonchev–Trinajstić information content (AvgIpc) is 3.16. The van der Waals surface area contributed by atoms with Crippen molar-refractivity contribution in [3.8, 4) is 11.1 Å². The normalized spacial score (nSPS) is 12.9. The highest BCUT2D eigenvalue weighted by Gasteiger charge is 2.29. The maximum atomic E-state index is 12.4. The van der Waals surface area contributed by atoms with Crippen LogP contribution in [0.25, 0.3) is 11.1 Å². The fraction of sp³-hybridized carbons (Fsp3) is 0.464. The third-order valence-corrected chi connectivity index (χ3v) is 6.40. The van der Waals surface area contributed by atoms with E-state index in [1.165, 1.54) is 22.3 Å². The van der Waals surface area contributed by atoms with Crippen molar-refractivity contribution >= 4 is 18.0 Å². The Bertz CT molecular complexity index is 961. The molecule has 3 N–H and O–H groups in total. The summed E-state index contributed by atoms with van der Waals surface area (Å²) in [4.78, 5) is 34.9. The Hall–Kier alpha value is -3.35. The molecule has 0 radical (unpaired) electrons. The summed E-state index contributed by atoms with van der Waals surface area (Å²) in [5.74, 6) is -0.761. The van der Waals surface area contributed by atoms with Gasteiger partial charge in [-0.15, -0.1) is 0 Å². The van der Waals surface area contributed by atoms with Crippen LogP contribution in [-0.4, -0.2) is 42.3 Å². The molecule has 0 aromatic heterocycles. The number of carboxylic acids is 1. The Labute approximate surface area is 207 Å². The zero-order valence-electron chi connectivity index (χ0n) is 20.4. The van der Waals surface area contributed by atoms with Crippen molar-refractivity contribution in [2.75, 3.05) is 13.2 Å². The molecule has 0 bridgehead atoms. The molecule has 0 aliphatic heterocycles. The van der Waals surface area contributed by atoms with E-state index in [0.717, 1.165) is 25.7 Å². The minimum atomic E-state index is -0.750. The minimum Gasteiger partial charge on any atom is -0.481 e. The lowest BCUT2D eigenvalue weighted by atomic mass is 9.98. The summed E-state index contributed by atoms with van der Waals surface area (Å²) in [7, 11) is 0. The molecule has 0 saturated heterocycles. The number of alkyl carbamates (subject to hydrolysis) is 1. The van der Waals surface area contributed by atoms with Crippen LogP contribution in [-0.2, 0) is 14.3 Å². The van der Waals surface area contributed by atoms with Crippen LogP contribution in [0, 0.1) is 0 Å². The highest BCUT2D eigenvalue weighted by atomic mass is 16.5. The van der Waals surface area contributed by atoms with Crippen molar-refractivity contribution < 1.29 is 24.2 Å². The van der Waals surface area contributed by atoms with Crippen molar-refractivity contribution in [3.05, 3.63) is 59.7 Å². The fourth-order valence-electron chi connectivity index (χ4n) is 4.51. The number of amides is 2. The monoisotopic (exact) mass is 480 g/mol. The van der Waals surface area contributed by atoms with Gasteiger partial charge < -0.3 is 20.5 Å². The van der Waals surface area contributed by atoms with E-state index in [4.69, 9.17) is 9.84 Å². The molecule has 0 saturated carbocycles. The van der Waals surface area contributed by atoms with Gasteiger partial charge in [0.15, 0.2) is 0 Å². The molecule has 7 heteroatoms. The number of carbonyl (C=O) groups excluding carboxylic acids is 2. The highest BCUT2D eigenvalue weighted by molar-refractivity contribution is 5.79. The van der Waals surface area contributed by atoms with Crippen molar-refractivity contribution in [2.45, 2.75) is 70.3 Å². The van der Waals surface area contributed by atoms with Crippen LogP contribution in [0.5, 0.6) is 0 Å². The summed E-state index contributed by atoms with van der Waals surface area (Å²) in [5.41, 5.74) is 4.72. The van der Waals surface area contributed by atoms with Crippen LogP contribution in [0.3, 0.4) is 0 Å². The van der Waals surface area contributed by atoms with Gasteiger partial charge in [-0.3, -0.25) is 9.59 Å². The molecule has 0 fully saturated rings. The Morgan fingerprint density at radius 3 is 2.14 bits per heavy atom. The SMILES string of the molecule is CC(CCC(=O)NCCCCCCCC(=O)O)NC(=O)OCC1c2ccccc2-c2ccccc21. The average molecular weight is 481 g/mol. The van der Waals surface area contributed by atoms with Crippen LogP contribution in [0.4, 0.5) is 4.79 Å². The first kappa shape index (κ1) is 26.3. The standard InChI is InChI=1S/C28H36N2O5/c1-20(16-17-26(31)29-18-10-4-2-3-5-15-27(32)33)30-28(34)35-19-25-23-13-8-6-11-21(23)22-12-7-9-14-24(22)25/h6-9,11-14,20,25H,2-5,10,15-19H2,1H3,(H,29,31)(H,30,34)(H,32,33). The molecule has 1 aliphatic rings. The number of unbranched alkanes of at least 4 members (excludes halogenated alkanes) is 4. The molecule has 0 spiro atoms. The molecule has 1 aliphatic carbocycles. The van der Waals surface area contributed by atoms with Crippen LogP contribution < -0.4 is 10.6 Å². The molecule has 7 nitrogen and oxygen atoms in total. The smallest absolute Gasteiger partial charge is 0.407 e. The van der Waals surface area contributed by atoms with Crippen LogP contribution in [0.15, 0.2) is 48.5 Å². The Morgan fingerprint density at radius 2 is 1.49 bits per heavy atom. The van der Waals surface area contributed by atoms with Gasteiger partial charge in [-0.1, -0.05) is 67.8 Å². The Balaban J connectivity index is 1.30. The van der Waals surface area contributed by atoms with Gasteiger partial charge in [0.25, 0.3) is 0 Å². The van der Waals surface area contributed by atoms with Gasteiger partial charge in [-0.05, 0) is 48.4 Å². The van der Waals surface area contributed by atoms with E-state index < -0.39 is 12.1 Å². The van der Waals surface area contributed by atoms with Crippen LogP contribution in [0.2, 0.25) is 0 Å². The number of ether oxygens (including phenoxy) is 1. The summed E-state index contributed by atoms with van der Waals surface area (Å²) in [6, 6.07) is 16.3. The second kappa shape index (κ2) is 13.5. The number of hydrogen-bond donors (Lipinski definition) is 3. The summed E-state index contributed by atoms with van der Waals surface area (Å²) >= 11 is 0. The lowest BCUT2D eigenvalue weighted by molar-refractivity contribution is -0.137. The van der Waals surface area contributed by atoms with Gasteiger partial charge in [0.05, 0.1) is 0 Å². The van der Waals surface area contributed by atoms with E-state index in [2.05, 4.69) is 34.9 Å². The number of nitrogens with one attached hydrogen (secondary N) is 2. The van der Waals surface area contributed by atoms with Crippen molar-refractivity contribution in [2.24, 2.45) is 0 Å². The molecule has 0 heterocycles. The lowest BCUT2D eigenvalue weighted by Crippen LogP contribution is -2.35. The quantitative estimate of drug-likeness (QED) is 0.321. The molecular formula is C28H36N2O5. The van der Waals surface area contributed by atoms with Gasteiger partial charge >= 0.3 is 12.1 Å². The summed E-state index contributed by atoms with van der Waals surface area (Å²) in [6.45, 7) is 2.75. The second-order valence-electron chi connectivity index (χ2n) is 9.17. The minimum absolute atomic E-state index is 0.0198. The van der Waals surface area contributed by atoms with Crippen molar-refractivity contribution in [3.63, 3.8) is 0 Å². The van der Waals surface area contributed by atoms with Gasteiger partial charge in [-0.25, -0.2) is 4.79 Å². The van der Waals surface area contributed by atoms with E-state index >= 15 is 0 Å². The van der Waals surface area contributed by atoms with E-state index in [1.54, 1.807) is 0 Å². The maximum Gasteiger partial charge on any atom is 0.407 e. The first-order valence-electron chi connectivity index (χ1n) is 12.6. The summed E-state index contributed by atoms with van der Waals surface area (Å²) in [5, 5.41) is 14.3. The van der Waals surface area contributed by atoms with Crippen molar-refractivity contribution in [1.82, 2.24) is 10.6 Å². The molecule has 1 atom stereocenters. The summed E-state index contributed by atoms with van der Waals surface area (Å²) in [6.07, 6.45) is 5.06. The van der Waals surface area contributed by atoms with E-state index in [9.17, 15) is 14.4 Å². The fourth-order valence-corrected chi connectivity index (χ4v) is 4.51. The number of hydrogen-bond acceptors (Lipinski definition) is 4. The largest absolute Gasteiger partial charge is 0.481 e. The number of fused-ring (bicyclic) bond motifs is 3. The molecule has 188 valence electrons. The van der Waals surface area contributed by atoms with Crippen LogP contribution >= 0.6 is 0 Å². The molecule has 2 aromatic carbocycles. The lowest BCUT2D eigenvalue weighted by Gasteiger charge is -2.17. The predicted molar refractivity (Wildman–Crippen MR) is 135 cm³/mol. The predicted octanol–water partition coefficient (Wildman–Crippen LogP) is 5.24. The molecule has 2 amide bonds. The summed E-state index contributed by atoms with van der Waals surface area (Å²) < 4.78 is 5.57. The van der Waals surface area contributed by atoms with Crippen LogP contribution in [0.1, 0.15) is 75.3 Å². The first-order valence-corrected chi connectivity index (χ1v) is 12.6.